The molecule has 1 amide bonds. The van der Waals surface area contributed by atoms with Gasteiger partial charge in [-0.1, -0.05) is 0 Å². The summed E-state index contributed by atoms with van der Waals surface area (Å²) in [6.07, 6.45) is 4.04. The summed E-state index contributed by atoms with van der Waals surface area (Å²) in [7, 11) is 0. The van der Waals surface area contributed by atoms with E-state index in [1.54, 1.807) is 0 Å². The largest absolute Gasteiger partial charge is 0.378 e. The van der Waals surface area contributed by atoms with Crippen LogP contribution >= 0.6 is 0 Å². The molecule has 1 heterocycles. The Labute approximate surface area is 84.2 Å². The van der Waals surface area contributed by atoms with E-state index in [0.717, 1.165) is 38.9 Å². The quantitative estimate of drug-likeness (QED) is 0.672. The molecule has 0 unspecified atom stereocenters. The molecule has 1 aliphatic carbocycles. The highest BCUT2D eigenvalue weighted by Gasteiger charge is 2.27. The van der Waals surface area contributed by atoms with E-state index < -0.39 is 0 Å². The van der Waals surface area contributed by atoms with Crippen molar-refractivity contribution in [3.05, 3.63) is 0 Å². The highest BCUT2D eigenvalue weighted by atomic mass is 16.5. The smallest absolute Gasteiger partial charge is 0.220 e. The van der Waals surface area contributed by atoms with Gasteiger partial charge in [-0.3, -0.25) is 4.79 Å². The minimum atomic E-state index is -0.129. The molecule has 0 aromatic heterocycles. The summed E-state index contributed by atoms with van der Waals surface area (Å²) in [5.41, 5.74) is 5.27. The van der Waals surface area contributed by atoms with Crippen molar-refractivity contribution in [1.82, 2.24) is 5.32 Å². The van der Waals surface area contributed by atoms with E-state index in [4.69, 9.17) is 10.5 Å². The molecule has 1 aliphatic heterocycles. The molecule has 0 aromatic rings. The van der Waals surface area contributed by atoms with Crippen molar-refractivity contribution in [1.29, 1.82) is 0 Å². The van der Waals surface area contributed by atoms with Crippen molar-refractivity contribution in [3.63, 3.8) is 0 Å². The monoisotopic (exact) mass is 198 g/mol. The zero-order valence-corrected chi connectivity index (χ0v) is 8.37. The van der Waals surface area contributed by atoms with Crippen LogP contribution in [-0.2, 0) is 9.53 Å². The summed E-state index contributed by atoms with van der Waals surface area (Å²) in [6, 6.07) is 1.12. The number of rotatable bonds is 3. The second-order valence-corrected chi connectivity index (χ2v) is 4.35. The van der Waals surface area contributed by atoms with Crippen LogP contribution in [0.1, 0.15) is 25.7 Å². The maximum atomic E-state index is 10.9. The molecular weight excluding hydrogens is 180 g/mol. The lowest BCUT2D eigenvalue weighted by Gasteiger charge is -2.34. The number of primary amides is 1. The van der Waals surface area contributed by atoms with Gasteiger partial charge in [0.05, 0.1) is 19.3 Å². The van der Waals surface area contributed by atoms with Crippen molar-refractivity contribution >= 4 is 5.91 Å². The van der Waals surface area contributed by atoms with Crippen molar-refractivity contribution in [2.45, 2.75) is 37.8 Å². The van der Waals surface area contributed by atoms with Gasteiger partial charge in [-0.05, 0) is 25.7 Å². The predicted octanol–water partition coefficient (Wildman–Crippen LogP) is 0.0189. The molecule has 14 heavy (non-hydrogen) atoms. The lowest BCUT2D eigenvalue weighted by molar-refractivity contribution is -0.122. The Kier molecular flexibility index (Phi) is 3.03. The van der Waals surface area contributed by atoms with Gasteiger partial charge in [0, 0.05) is 12.0 Å². The van der Waals surface area contributed by atoms with E-state index in [9.17, 15) is 4.79 Å². The number of nitrogens with one attached hydrogen (secondary N) is 1. The third-order valence-corrected chi connectivity index (χ3v) is 3.24. The highest BCUT2D eigenvalue weighted by Crippen LogP contribution is 2.24. The van der Waals surface area contributed by atoms with E-state index in [0.29, 0.717) is 12.1 Å². The highest BCUT2D eigenvalue weighted by molar-refractivity contribution is 5.76. The Bertz CT molecular complexity index is 208. The molecule has 2 aliphatic rings. The third kappa shape index (κ3) is 2.25. The summed E-state index contributed by atoms with van der Waals surface area (Å²) in [5.74, 6) is -0.0129. The van der Waals surface area contributed by atoms with Gasteiger partial charge in [0.25, 0.3) is 0 Å². The van der Waals surface area contributed by atoms with E-state index in [-0.39, 0.29) is 11.8 Å². The van der Waals surface area contributed by atoms with Gasteiger partial charge in [-0.15, -0.1) is 0 Å². The predicted molar refractivity (Wildman–Crippen MR) is 52.7 cm³/mol. The van der Waals surface area contributed by atoms with E-state index >= 15 is 0 Å². The number of ether oxygens (including phenoxy) is 1. The van der Waals surface area contributed by atoms with Gasteiger partial charge in [0.15, 0.2) is 0 Å². The lowest BCUT2D eigenvalue weighted by Crippen LogP contribution is -2.51. The standard InChI is InChI=1S/C10H18N2O2/c11-10(13)7-1-3-8(4-2-7)12-9-5-14-6-9/h7-9,12H,1-6H2,(H2,11,13). The van der Waals surface area contributed by atoms with Crippen LogP contribution < -0.4 is 11.1 Å². The van der Waals surface area contributed by atoms with Gasteiger partial charge < -0.3 is 15.8 Å². The maximum Gasteiger partial charge on any atom is 0.220 e. The second kappa shape index (κ2) is 4.28. The number of carbonyl (C=O) groups excluding carboxylic acids is 1. The summed E-state index contributed by atoms with van der Waals surface area (Å²) in [4.78, 5) is 10.9. The first-order valence-corrected chi connectivity index (χ1v) is 5.39. The van der Waals surface area contributed by atoms with Crippen molar-refractivity contribution < 1.29 is 9.53 Å². The molecule has 3 N–H and O–H groups in total. The number of hydrogen-bond acceptors (Lipinski definition) is 3. The molecule has 80 valence electrons. The summed E-state index contributed by atoms with van der Waals surface area (Å²) in [6.45, 7) is 1.69. The zero-order chi connectivity index (χ0) is 9.97. The Morgan fingerprint density at radius 1 is 1.14 bits per heavy atom. The van der Waals surface area contributed by atoms with Gasteiger partial charge in [-0.2, -0.15) is 0 Å². The fraction of sp³-hybridized carbons (Fsp3) is 0.900. The Hall–Kier alpha value is -0.610. The summed E-state index contributed by atoms with van der Waals surface area (Å²) >= 11 is 0. The van der Waals surface area contributed by atoms with Crippen LogP contribution in [-0.4, -0.2) is 31.2 Å². The van der Waals surface area contributed by atoms with Crippen molar-refractivity contribution in [2.24, 2.45) is 11.7 Å². The van der Waals surface area contributed by atoms with Crippen LogP contribution in [0.5, 0.6) is 0 Å². The molecule has 1 saturated carbocycles. The van der Waals surface area contributed by atoms with Gasteiger partial charge in [0.1, 0.15) is 0 Å². The molecule has 0 atom stereocenters. The number of hydrogen-bond donors (Lipinski definition) is 2. The van der Waals surface area contributed by atoms with Crippen LogP contribution in [0.3, 0.4) is 0 Å². The fourth-order valence-corrected chi connectivity index (χ4v) is 2.21. The average Bonchev–Trinajstić information content (AvgIpc) is 2.12. The normalized spacial score (nSPS) is 33.7. The Balaban J connectivity index is 1.69. The number of amides is 1. The number of carbonyl (C=O) groups is 1. The average molecular weight is 198 g/mol. The lowest BCUT2D eigenvalue weighted by atomic mass is 9.85. The minimum Gasteiger partial charge on any atom is -0.378 e. The van der Waals surface area contributed by atoms with E-state index in [2.05, 4.69) is 5.32 Å². The van der Waals surface area contributed by atoms with Crippen LogP contribution in [0.15, 0.2) is 0 Å². The first-order chi connectivity index (χ1) is 6.75. The SMILES string of the molecule is NC(=O)C1CCC(NC2COC2)CC1. The van der Waals surface area contributed by atoms with Crippen LogP contribution in [0.25, 0.3) is 0 Å². The maximum absolute atomic E-state index is 10.9. The van der Waals surface area contributed by atoms with Crippen molar-refractivity contribution in [3.8, 4) is 0 Å². The van der Waals surface area contributed by atoms with Crippen LogP contribution in [0, 0.1) is 5.92 Å². The van der Waals surface area contributed by atoms with Crippen LogP contribution in [0.4, 0.5) is 0 Å². The molecule has 2 fully saturated rings. The topological polar surface area (TPSA) is 64.4 Å². The first kappa shape index (κ1) is 9.93. The second-order valence-electron chi connectivity index (χ2n) is 4.35. The van der Waals surface area contributed by atoms with Gasteiger partial charge >= 0.3 is 0 Å². The minimum absolute atomic E-state index is 0.116. The van der Waals surface area contributed by atoms with Crippen molar-refractivity contribution in [2.75, 3.05) is 13.2 Å². The molecule has 4 nitrogen and oxygen atoms in total. The Morgan fingerprint density at radius 2 is 1.79 bits per heavy atom. The summed E-state index contributed by atoms with van der Waals surface area (Å²) in [5, 5.41) is 3.54. The van der Waals surface area contributed by atoms with E-state index in [1.165, 1.54) is 0 Å². The van der Waals surface area contributed by atoms with Crippen LogP contribution in [0.2, 0.25) is 0 Å². The Morgan fingerprint density at radius 3 is 2.21 bits per heavy atom. The third-order valence-electron chi connectivity index (χ3n) is 3.24. The first-order valence-electron chi connectivity index (χ1n) is 5.39. The fourth-order valence-electron chi connectivity index (χ4n) is 2.21. The number of nitrogens with two attached hydrogens (primary N) is 1. The molecule has 0 bridgehead atoms. The molecule has 1 saturated heterocycles. The summed E-state index contributed by atoms with van der Waals surface area (Å²) < 4.78 is 5.10. The van der Waals surface area contributed by atoms with E-state index in [1.807, 2.05) is 0 Å². The molecular formula is C10H18N2O2. The molecule has 4 heteroatoms. The molecule has 0 spiro atoms. The molecule has 2 rings (SSSR count). The molecule has 0 radical (unpaired) electrons. The zero-order valence-electron chi connectivity index (χ0n) is 8.37. The van der Waals surface area contributed by atoms with Gasteiger partial charge in [0.2, 0.25) is 5.91 Å². The molecule has 0 aromatic carbocycles. The van der Waals surface area contributed by atoms with Gasteiger partial charge in [-0.25, -0.2) is 0 Å².